The van der Waals surface area contributed by atoms with E-state index in [9.17, 15) is 0 Å². The molecule has 0 radical (unpaired) electrons. The first kappa shape index (κ1) is 8.61. The molecule has 0 aromatic carbocycles. The highest BCUT2D eigenvalue weighted by Gasteiger charge is 1.98. The molecule has 0 aromatic rings. The highest BCUT2D eigenvalue weighted by Crippen LogP contribution is 2.13. The Balaban J connectivity index is 2.65. The van der Waals surface area contributed by atoms with Crippen molar-refractivity contribution in [3.63, 3.8) is 0 Å². The molecule has 0 unspecified atom stereocenters. The Bertz CT molecular complexity index is 279. The summed E-state index contributed by atoms with van der Waals surface area (Å²) in [5, 5.41) is 8.46. The van der Waals surface area contributed by atoms with Crippen molar-refractivity contribution >= 4 is 0 Å². The summed E-state index contributed by atoms with van der Waals surface area (Å²) in [5.74, 6) is 0.930. The van der Waals surface area contributed by atoms with Crippen molar-refractivity contribution in [2.75, 3.05) is 7.11 Å². The average molecular weight is 161 g/mol. The molecule has 1 rings (SSSR count). The lowest BCUT2D eigenvalue weighted by molar-refractivity contribution is 0.285. The summed E-state index contributed by atoms with van der Waals surface area (Å²) in [6, 6.07) is 2.11. The molecule has 0 aliphatic heterocycles. The molecule has 0 saturated carbocycles. The standard InChI is InChI=1S/C10H11NO/c1-12-10-4-2-3-9(5-6-10)7-8-11/h2-5H,6-7H2,1H3. The second kappa shape index (κ2) is 4.40. The maximum Gasteiger partial charge on any atom is 0.0993 e. The van der Waals surface area contributed by atoms with Crippen LogP contribution in [0.5, 0.6) is 0 Å². The van der Waals surface area contributed by atoms with Gasteiger partial charge in [-0.05, 0) is 11.6 Å². The van der Waals surface area contributed by atoms with E-state index in [0.717, 1.165) is 17.8 Å². The van der Waals surface area contributed by atoms with Crippen molar-refractivity contribution < 1.29 is 4.74 Å². The van der Waals surface area contributed by atoms with Crippen molar-refractivity contribution in [1.82, 2.24) is 0 Å². The summed E-state index contributed by atoms with van der Waals surface area (Å²) < 4.78 is 5.08. The van der Waals surface area contributed by atoms with Crippen molar-refractivity contribution in [3.8, 4) is 6.07 Å². The largest absolute Gasteiger partial charge is 0.501 e. The Kier molecular flexibility index (Phi) is 3.16. The van der Waals surface area contributed by atoms with E-state index in [1.807, 2.05) is 24.3 Å². The third kappa shape index (κ3) is 2.28. The zero-order valence-electron chi connectivity index (χ0n) is 7.08. The zero-order valence-corrected chi connectivity index (χ0v) is 7.08. The number of ether oxygens (including phenoxy) is 1. The normalized spacial score (nSPS) is 15.7. The molecule has 12 heavy (non-hydrogen) atoms. The zero-order chi connectivity index (χ0) is 8.81. The van der Waals surface area contributed by atoms with Gasteiger partial charge < -0.3 is 4.74 Å². The van der Waals surface area contributed by atoms with Gasteiger partial charge in [-0.1, -0.05) is 18.2 Å². The third-order valence-corrected chi connectivity index (χ3v) is 1.70. The minimum absolute atomic E-state index is 0.474. The lowest BCUT2D eigenvalue weighted by Gasteiger charge is -1.99. The van der Waals surface area contributed by atoms with Crippen LogP contribution >= 0.6 is 0 Å². The van der Waals surface area contributed by atoms with Gasteiger partial charge in [0, 0.05) is 6.42 Å². The quantitative estimate of drug-likeness (QED) is 0.622. The van der Waals surface area contributed by atoms with E-state index in [0.29, 0.717) is 6.42 Å². The highest BCUT2D eigenvalue weighted by atomic mass is 16.5. The molecule has 0 fully saturated rings. The van der Waals surface area contributed by atoms with Crippen LogP contribution in [0.15, 0.2) is 35.6 Å². The van der Waals surface area contributed by atoms with Crippen LogP contribution in [0.3, 0.4) is 0 Å². The van der Waals surface area contributed by atoms with Gasteiger partial charge in [0.05, 0.1) is 25.4 Å². The lowest BCUT2D eigenvalue weighted by Crippen LogP contribution is -1.82. The SMILES string of the molecule is COC1=CC=CC(CC#N)=CC1. The number of nitrogens with zero attached hydrogens (tertiary/aromatic N) is 1. The van der Waals surface area contributed by atoms with Crippen LogP contribution in [-0.2, 0) is 4.74 Å². The topological polar surface area (TPSA) is 33.0 Å². The van der Waals surface area contributed by atoms with Gasteiger partial charge in [0.15, 0.2) is 0 Å². The minimum atomic E-state index is 0.474. The molecule has 0 aromatic heterocycles. The summed E-state index contributed by atoms with van der Waals surface area (Å²) in [5.41, 5.74) is 1.06. The van der Waals surface area contributed by atoms with Gasteiger partial charge in [0.2, 0.25) is 0 Å². The molecular weight excluding hydrogens is 150 g/mol. The predicted molar refractivity (Wildman–Crippen MR) is 47.2 cm³/mol. The van der Waals surface area contributed by atoms with Crippen molar-refractivity contribution in [1.29, 1.82) is 5.26 Å². The Hall–Kier alpha value is -1.49. The number of allylic oxidation sites excluding steroid dienone is 5. The van der Waals surface area contributed by atoms with E-state index in [2.05, 4.69) is 6.07 Å². The van der Waals surface area contributed by atoms with Gasteiger partial charge in [0.25, 0.3) is 0 Å². The molecule has 2 heteroatoms. The summed E-state index contributed by atoms with van der Waals surface area (Å²) >= 11 is 0. The van der Waals surface area contributed by atoms with Gasteiger partial charge in [-0.15, -0.1) is 0 Å². The fraction of sp³-hybridized carbons (Fsp3) is 0.300. The van der Waals surface area contributed by atoms with Gasteiger partial charge in [-0.3, -0.25) is 0 Å². The molecule has 0 spiro atoms. The van der Waals surface area contributed by atoms with Crippen molar-refractivity contribution in [2.24, 2.45) is 0 Å². The number of nitriles is 1. The monoisotopic (exact) mass is 161 g/mol. The van der Waals surface area contributed by atoms with Crippen LogP contribution in [-0.4, -0.2) is 7.11 Å². The highest BCUT2D eigenvalue weighted by molar-refractivity contribution is 5.30. The number of hydrogen-bond acceptors (Lipinski definition) is 2. The third-order valence-electron chi connectivity index (χ3n) is 1.70. The maximum absolute atomic E-state index is 8.46. The molecule has 62 valence electrons. The first-order chi connectivity index (χ1) is 5.86. The fourth-order valence-corrected chi connectivity index (χ4v) is 1.02. The molecule has 2 nitrogen and oxygen atoms in total. The van der Waals surface area contributed by atoms with Crippen molar-refractivity contribution in [2.45, 2.75) is 12.8 Å². The van der Waals surface area contributed by atoms with E-state index in [4.69, 9.17) is 10.00 Å². The molecule has 0 bridgehead atoms. The fourth-order valence-electron chi connectivity index (χ4n) is 1.02. The summed E-state index contributed by atoms with van der Waals surface area (Å²) in [7, 11) is 1.66. The van der Waals surface area contributed by atoms with E-state index >= 15 is 0 Å². The Morgan fingerprint density at radius 2 is 2.50 bits per heavy atom. The Morgan fingerprint density at radius 1 is 1.67 bits per heavy atom. The first-order valence-electron chi connectivity index (χ1n) is 3.84. The molecule has 0 N–H and O–H groups in total. The van der Waals surface area contributed by atoms with E-state index in [-0.39, 0.29) is 0 Å². The van der Waals surface area contributed by atoms with Crippen molar-refractivity contribution in [3.05, 3.63) is 35.6 Å². The van der Waals surface area contributed by atoms with Crippen LogP contribution in [0.4, 0.5) is 0 Å². The van der Waals surface area contributed by atoms with Gasteiger partial charge in [-0.25, -0.2) is 0 Å². The van der Waals surface area contributed by atoms with Crippen LogP contribution in [0.25, 0.3) is 0 Å². The predicted octanol–water partition coefficient (Wildman–Crippen LogP) is 2.32. The molecular formula is C10H11NO. The molecule has 1 aliphatic rings. The molecule has 0 saturated heterocycles. The second-order valence-corrected chi connectivity index (χ2v) is 2.51. The maximum atomic E-state index is 8.46. The summed E-state index contributed by atoms with van der Waals surface area (Å²) in [6.07, 6.45) is 9.04. The van der Waals surface area contributed by atoms with Crippen LogP contribution in [0.1, 0.15) is 12.8 Å². The van der Waals surface area contributed by atoms with Crippen LogP contribution < -0.4 is 0 Å². The smallest absolute Gasteiger partial charge is 0.0993 e. The second-order valence-electron chi connectivity index (χ2n) is 2.51. The Labute approximate surface area is 72.5 Å². The lowest BCUT2D eigenvalue weighted by atomic mass is 10.1. The molecule has 0 amide bonds. The molecule has 1 aliphatic carbocycles. The van der Waals surface area contributed by atoms with E-state index in [1.54, 1.807) is 7.11 Å². The average Bonchev–Trinajstić information content (AvgIpc) is 2.31. The van der Waals surface area contributed by atoms with Gasteiger partial charge >= 0.3 is 0 Å². The van der Waals surface area contributed by atoms with Gasteiger partial charge in [-0.2, -0.15) is 5.26 Å². The Morgan fingerprint density at radius 3 is 3.17 bits per heavy atom. The van der Waals surface area contributed by atoms with E-state index in [1.165, 1.54) is 0 Å². The molecule has 0 heterocycles. The number of rotatable bonds is 2. The summed E-state index contributed by atoms with van der Waals surface area (Å²) in [6.45, 7) is 0. The number of hydrogen-bond donors (Lipinski definition) is 0. The summed E-state index contributed by atoms with van der Waals surface area (Å²) in [4.78, 5) is 0. The van der Waals surface area contributed by atoms with Crippen LogP contribution in [0.2, 0.25) is 0 Å². The number of methoxy groups -OCH3 is 1. The van der Waals surface area contributed by atoms with E-state index < -0.39 is 0 Å². The molecule has 0 atom stereocenters. The first-order valence-corrected chi connectivity index (χ1v) is 3.84. The van der Waals surface area contributed by atoms with Gasteiger partial charge in [0.1, 0.15) is 0 Å². The van der Waals surface area contributed by atoms with Crippen LogP contribution in [0, 0.1) is 11.3 Å². The minimum Gasteiger partial charge on any atom is -0.501 e.